The number of benzene rings is 1. The molecule has 0 saturated carbocycles. The predicted octanol–water partition coefficient (Wildman–Crippen LogP) is 1.69. The van der Waals surface area contributed by atoms with Gasteiger partial charge in [0.1, 0.15) is 0 Å². The summed E-state index contributed by atoms with van der Waals surface area (Å²) >= 11 is 0. The van der Waals surface area contributed by atoms with Crippen molar-refractivity contribution in [3.8, 4) is 0 Å². The molecule has 0 aliphatic carbocycles. The van der Waals surface area contributed by atoms with Crippen molar-refractivity contribution in [3.63, 3.8) is 0 Å². The Labute approximate surface area is 128 Å². The monoisotopic (exact) mass is 328 g/mol. The quantitative estimate of drug-likeness (QED) is 0.834. The number of halogens is 1. The number of anilines is 2. The lowest BCUT2D eigenvalue weighted by atomic mass is 10.1. The maximum absolute atomic E-state index is 12.7. The molecule has 1 N–H and O–H groups in total. The Bertz CT molecular complexity index is 673. The van der Waals surface area contributed by atoms with E-state index in [2.05, 4.69) is 5.32 Å². The number of carbonyl (C=O) groups excluding carboxylic acids is 2. The van der Waals surface area contributed by atoms with Crippen LogP contribution in [-0.2, 0) is 19.8 Å². The summed E-state index contributed by atoms with van der Waals surface area (Å²) in [6.45, 7) is 1.91. The number of amides is 2. The molecule has 0 bridgehead atoms. The number of nitrogens with one attached hydrogen (secondary N) is 1. The molecule has 8 heteroatoms. The van der Waals surface area contributed by atoms with Crippen LogP contribution in [0.4, 0.5) is 15.3 Å². The highest BCUT2D eigenvalue weighted by Crippen LogP contribution is 2.27. The van der Waals surface area contributed by atoms with Crippen molar-refractivity contribution in [3.05, 3.63) is 24.3 Å². The maximum Gasteiger partial charge on any atom is 0.302 e. The van der Waals surface area contributed by atoms with E-state index in [1.165, 1.54) is 4.90 Å². The Hall–Kier alpha value is -1.96. The fraction of sp³-hybridized carbons (Fsp3) is 0.429. The van der Waals surface area contributed by atoms with Gasteiger partial charge in [0.05, 0.1) is 5.75 Å². The molecule has 120 valence electrons. The number of hydrogen-bond donors (Lipinski definition) is 1. The summed E-state index contributed by atoms with van der Waals surface area (Å²) in [6, 6.07) is 6.65. The third-order valence-corrected chi connectivity index (χ3v) is 4.29. The zero-order valence-electron chi connectivity index (χ0n) is 12.1. The first-order valence-corrected chi connectivity index (χ1v) is 8.46. The molecule has 1 aromatic rings. The summed E-state index contributed by atoms with van der Waals surface area (Å²) in [5.74, 6) is -1.53. The minimum absolute atomic E-state index is 0.0114. The first kappa shape index (κ1) is 16.4. The minimum atomic E-state index is -4.59. The van der Waals surface area contributed by atoms with Crippen LogP contribution in [-0.4, -0.2) is 32.5 Å². The number of carbonyl (C=O) groups is 2. The van der Waals surface area contributed by atoms with Crippen molar-refractivity contribution in [2.75, 3.05) is 22.5 Å². The second-order valence-electron chi connectivity index (χ2n) is 5.23. The number of rotatable bonds is 5. The van der Waals surface area contributed by atoms with Crippen LogP contribution in [0.3, 0.4) is 0 Å². The predicted molar refractivity (Wildman–Crippen MR) is 80.7 cm³/mol. The van der Waals surface area contributed by atoms with Crippen LogP contribution in [0.5, 0.6) is 0 Å². The topological polar surface area (TPSA) is 83.6 Å². The molecular weight excluding hydrogens is 311 g/mol. The Morgan fingerprint density at radius 1 is 1.36 bits per heavy atom. The zero-order valence-corrected chi connectivity index (χ0v) is 12.9. The molecule has 1 aromatic carbocycles. The normalized spacial score (nSPS) is 18.5. The molecule has 2 rings (SSSR count). The zero-order chi connectivity index (χ0) is 16.3. The van der Waals surface area contributed by atoms with Gasteiger partial charge in [0.25, 0.3) is 0 Å². The van der Waals surface area contributed by atoms with Gasteiger partial charge in [-0.3, -0.25) is 9.59 Å². The first-order valence-electron chi connectivity index (χ1n) is 6.91. The highest BCUT2D eigenvalue weighted by molar-refractivity contribution is 7.86. The third-order valence-electron chi connectivity index (χ3n) is 3.42. The van der Waals surface area contributed by atoms with E-state index in [1.54, 1.807) is 31.2 Å². The van der Waals surface area contributed by atoms with Gasteiger partial charge in [-0.25, -0.2) is 0 Å². The smallest absolute Gasteiger partial charge is 0.302 e. The van der Waals surface area contributed by atoms with Crippen molar-refractivity contribution in [1.29, 1.82) is 0 Å². The van der Waals surface area contributed by atoms with Crippen LogP contribution in [0.1, 0.15) is 19.8 Å². The van der Waals surface area contributed by atoms with Crippen molar-refractivity contribution in [1.82, 2.24) is 0 Å². The second kappa shape index (κ2) is 6.43. The third kappa shape index (κ3) is 4.27. The van der Waals surface area contributed by atoms with E-state index in [-0.39, 0.29) is 24.8 Å². The lowest BCUT2D eigenvalue weighted by Gasteiger charge is -2.17. The van der Waals surface area contributed by atoms with Crippen LogP contribution in [0.15, 0.2) is 24.3 Å². The van der Waals surface area contributed by atoms with Gasteiger partial charge >= 0.3 is 10.2 Å². The van der Waals surface area contributed by atoms with Gasteiger partial charge in [-0.15, -0.1) is 3.89 Å². The van der Waals surface area contributed by atoms with Gasteiger partial charge in [-0.2, -0.15) is 8.42 Å². The molecular formula is C14H17FN2O4S. The van der Waals surface area contributed by atoms with Crippen LogP contribution in [0.25, 0.3) is 0 Å². The number of hydrogen-bond acceptors (Lipinski definition) is 4. The van der Waals surface area contributed by atoms with E-state index >= 15 is 0 Å². The van der Waals surface area contributed by atoms with Crippen LogP contribution in [0, 0.1) is 5.92 Å². The molecule has 1 aliphatic heterocycles. The lowest BCUT2D eigenvalue weighted by molar-refractivity contribution is -0.117. The van der Waals surface area contributed by atoms with E-state index in [0.29, 0.717) is 17.8 Å². The summed E-state index contributed by atoms with van der Waals surface area (Å²) in [6.07, 6.45) is 0.378. The highest BCUT2D eigenvalue weighted by atomic mass is 32.3. The van der Waals surface area contributed by atoms with Gasteiger partial charge in [0, 0.05) is 36.7 Å². The van der Waals surface area contributed by atoms with E-state index in [9.17, 15) is 21.9 Å². The van der Waals surface area contributed by atoms with Crippen molar-refractivity contribution < 1.29 is 21.9 Å². The van der Waals surface area contributed by atoms with Crippen molar-refractivity contribution in [2.24, 2.45) is 5.92 Å². The van der Waals surface area contributed by atoms with Gasteiger partial charge in [0.15, 0.2) is 0 Å². The van der Waals surface area contributed by atoms with Gasteiger partial charge in [0.2, 0.25) is 11.8 Å². The van der Waals surface area contributed by atoms with Crippen LogP contribution in [0.2, 0.25) is 0 Å². The Morgan fingerprint density at radius 2 is 2.00 bits per heavy atom. The van der Waals surface area contributed by atoms with Crippen LogP contribution < -0.4 is 10.2 Å². The molecule has 22 heavy (non-hydrogen) atoms. The molecule has 1 saturated heterocycles. The molecule has 1 fully saturated rings. The second-order valence-corrected chi connectivity index (χ2v) is 6.64. The largest absolute Gasteiger partial charge is 0.326 e. The van der Waals surface area contributed by atoms with E-state index < -0.39 is 21.9 Å². The fourth-order valence-corrected chi connectivity index (χ4v) is 3.18. The summed E-state index contributed by atoms with van der Waals surface area (Å²) in [7, 11) is -4.59. The highest BCUT2D eigenvalue weighted by Gasteiger charge is 2.33. The molecule has 2 amide bonds. The summed E-state index contributed by atoms with van der Waals surface area (Å²) in [4.78, 5) is 24.6. The fourth-order valence-electron chi connectivity index (χ4n) is 2.40. The molecule has 0 radical (unpaired) electrons. The first-order chi connectivity index (χ1) is 10.3. The van der Waals surface area contributed by atoms with Gasteiger partial charge in [-0.05, 0) is 24.3 Å². The van der Waals surface area contributed by atoms with E-state index in [1.807, 2.05) is 0 Å². The van der Waals surface area contributed by atoms with Crippen molar-refractivity contribution in [2.45, 2.75) is 19.8 Å². The molecule has 1 unspecified atom stereocenters. The summed E-state index contributed by atoms with van der Waals surface area (Å²) in [5.41, 5.74) is 1.21. The SMILES string of the molecule is CCC(=O)Nc1ccc(N2CC(CS(=O)(=O)F)CC2=O)cc1. The Kier molecular flexibility index (Phi) is 4.80. The molecule has 1 aliphatic rings. The van der Waals surface area contributed by atoms with Crippen molar-refractivity contribution >= 4 is 33.4 Å². The minimum Gasteiger partial charge on any atom is -0.326 e. The standard InChI is InChI=1S/C14H17FN2O4S/c1-2-13(18)16-11-3-5-12(6-4-11)17-8-10(7-14(17)19)9-22(15,20)21/h3-6,10H,2,7-9H2,1H3,(H,16,18). The van der Waals surface area contributed by atoms with E-state index in [0.717, 1.165) is 0 Å². The Morgan fingerprint density at radius 3 is 2.55 bits per heavy atom. The molecule has 1 heterocycles. The van der Waals surface area contributed by atoms with E-state index in [4.69, 9.17) is 0 Å². The molecule has 1 atom stereocenters. The lowest BCUT2D eigenvalue weighted by Crippen LogP contribution is -2.25. The molecule has 0 aromatic heterocycles. The molecule has 0 spiro atoms. The van der Waals surface area contributed by atoms with Gasteiger partial charge < -0.3 is 10.2 Å². The van der Waals surface area contributed by atoms with Crippen LogP contribution >= 0.6 is 0 Å². The summed E-state index contributed by atoms with van der Waals surface area (Å²) in [5, 5.41) is 2.69. The Balaban J connectivity index is 2.05. The maximum atomic E-state index is 12.7. The van der Waals surface area contributed by atoms with Gasteiger partial charge in [-0.1, -0.05) is 6.92 Å². The average molecular weight is 328 g/mol. The number of nitrogens with zero attached hydrogens (tertiary/aromatic N) is 1. The average Bonchev–Trinajstić information content (AvgIpc) is 2.78. The summed E-state index contributed by atoms with van der Waals surface area (Å²) < 4.78 is 34.1. The molecule has 6 nitrogen and oxygen atoms in total.